The van der Waals surface area contributed by atoms with Crippen molar-refractivity contribution in [3.05, 3.63) is 95.6 Å². The van der Waals surface area contributed by atoms with E-state index >= 15 is 0 Å². The maximum absolute atomic E-state index is 13.2. The van der Waals surface area contributed by atoms with E-state index < -0.39 is 17.9 Å². The lowest BCUT2D eigenvalue weighted by Gasteiger charge is -2.18. The van der Waals surface area contributed by atoms with E-state index in [1.165, 1.54) is 6.08 Å². The van der Waals surface area contributed by atoms with Gasteiger partial charge in [-0.05, 0) is 54.3 Å². The number of hydrogen-bond donors (Lipinski definition) is 3. The molecule has 0 radical (unpaired) electrons. The first-order chi connectivity index (χ1) is 18.3. The van der Waals surface area contributed by atoms with E-state index in [0.29, 0.717) is 41.1 Å². The fraction of sp³-hybridized carbons (Fsp3) is 0.258. The van der Waals surface area contributed by atoms with Crippen LogP contribution in [0.15, 0.2) is 78.9 Å². The molecule has 0 aliphatic carbocycles. The Morgan fingerprint density at radius 3 is 2.21 bits per heavy atom. The predicted octanol–water partition coefficient (Wildman–Crippen LogP) is 6.25. The van der Waals surface area contributed by atoms with E-state index in [0.717, 1.165) is 31.2 Å². The summed E-state index contributed by atoms with van der Waals surface area (Å²) in [6.45, 7) is 0. The van der Waals surface area contributed by atoms with Gasteiger partial charge >= 0.3 is 11.9 Å². The number of hydrogen-bond acceptors (Lipinski definition) is 6. The van der Waals surface area contributed by atoms with Gasteiger partial charge < -0.3 is 21.3 Å². The van der Waals surface area contributed by atoms with Gasteiger partial charge in [-0.25, -0.2) is 0 Å². The van der Waals surface area contributed by atoms with Crippen molar-refractivity contribution in [1.82, 2.24) is 0 Å². The Labute approximate surface area is 223 Å². The number of rotatable bonds is 14. The number of aliphatic carboxylic acids is 1. The summed E-state index contributed by atoms with van der Waals surface area (Å²) in [7, 11) is 0. The SMILES string of the molecule is Nc1ccc(C(CCCCCCCC(=O)O)C(=O)Oc2ccc(C=CC(=O)c3ccccc3)cc2)c(N)c1. The van der Waals surface area contributed by atoms with E-state index in [1.54, 1.807) is 60.7 Å². The molecular formula is C31H34N2O5. The Bertz CT molecular complexity index is 1250. The predicted molar refractivity (Wildman–Crippen MR) is 150 cm³/mol. The number of carboxylic acid groups (broad SMARTS) is 1. The topological polar surface area (TPSA) is 133 Å². The minimum absolute atomic E-state index is 0.0908. The highest BCUT2D eigenvalue weighted by atomic mass is 16.5. The molecule has 3 aromatic rings. The normalized spacial score (nSPS) is 11.8. The fourth-order valence-electron chi connectivity index (χ4n) is 4.17. The molecule has 5 N–H and O–H groups in total. The van der Waals surface area contributed by atoms with E-state index in [-0.39, 0.29) is 12.2 Å². The highest BCUT2D eigenvalue weighted by molar-refractivity contribution is 6.06. The molecule has 1 atom stereocenters. The molecule has 0 spiro atoms. The number of benzene rings is 3. The lowest BCUT2D eigenvalue weighted by molar-refractivity contribution is -0.137. The van der Waals surface area contributed by atoms with Crippen molar-refractivity contribution in [2.45, 2.75) is 50.9 Å². The van der Waals surface area contributed by atoms with Gasteiger partial charge in [0, 0.05) is 23.4 Å². The number of esters is 1. The molecule has 0 aliphatic rings. The van der Waals surface area contributed by atoms with Crippen LogP contribution in [0.2, 0.25) is 0 Å². The zero-order valence-electron chi connectivity index (χ0n) is 21.3. The molecule has 0 saturated heterocycles. The van der Waals surface area contributed by atoms with Gasteiger partial charge in [0.05, 0.1) is 5.92 Å². The maximum atomic E-state index is 13.2. The molecule has 0 saturated carbocycles. The first-order valence-electron chi connectivity index (χ1n) is 12.8. The Kier molecular flexibility index (Phi) is 10.7. The van der Waals surface area contributed by atoms with Crippen LogP contribution in [0, 0.1) is 0 Å². The van der Waals surface area contributed by atoms with Crippen LogP contribution in [0.5, 0.6) is 5.75 Å². The number of nitrogens with two attached hydrogens (primary N) is 2. The number of allylic oxidation sites excluding steroid dienone is 1. The molecule has 0 amide bonds. The molecule has 7 heteroatoms. The summed E-state index contributed by atoms with van der Waals surface area (Å²) in [5.74, 6) is -1.44. The van der Waals surface area contributed by atoms with Crippen LogP contribution in [0.3, 0.4) is 0 Å². The molecule has 0 bridgehead atoms. The van der Waals surface area contributed by atoms with Crippen molar-refractivity contribution >= 4 is 35.2 Å². The van der Waals surface area contributed by atoms with Crippen LogP contribution in [-0.4, -0.2) is 22.8 Å². The third kappa shape index (κ3) is 8.92. The molecule has 7 nitrogen and oxygen atoms in total. The van der Waals surface area contributed by atoms with Gasteiger partial charge in [0.1, 0.15) is 5.75 Å². The van der Waals surface area contributed by atoms with Crippen LogP contribution in [0.25, 0.3) is 6.08 Å². The summed E-state index contributed by atoms with van der Waals surface area (Å²) in [6, 6.07) is 21.1. The summed E-state index contributed by atoms with van der Waals surface area (Å²) in [4.78, 5) is 36.2. The standard InChI is InChI=1S/C31H34N2O5/c32-24-16-19-26(28(33)21-24)27(11-7-2-1-3-8-12-30(35)36)31(37)38-25-17-13-22(14-18-25)15-20-29(34)23-9-5-4-6-10-23/h4-6,9-10,13-21,27H,1-3,7-8,11-12,32-33H2,(H,35,36). The number of carbonyl (C=O) groups excluding carboxylic acids is 2. The molecule has 0 aromatic heterocycles. The minimum atomic E-state index is -0.781. The first kappa shape index (κ1) is 28.2. The van der Waals surface area contributed by atoms with Gasteiger partial charge in [-0.2, -0.15) is 0 Å². The van der Waals surface area contributed by atoms with Crippen LogP contribution in [-0.2, 0) is 9.59 Å². The monoisotopic (exact) mass is 514 g/mol. The number of nitrogen functional groups attached to an aromatic ring is 2. The summed E-state index contributed by atoms with van der Waals surface area (Å²) in [5.41, 5.74) is 15.1. The quantitative estimate of drug-likeness (QED) is 0.0578. The third-order valence-corrected chi connectivity index (χ3v) is 6.24. The van der Waals surface area contributed by atoms with Crippen LogP contribution in [0.4, 0.5) is 11.4 Å². The van der Waals surface area contributed by atoms with Crippen molar-refractivity contribution in [2.75, 3.05) is 11.5 Å². The van der Waals surface area contributed by atoms with Crippen molar-refractivity contribution in [2.24, 2.45) is 0 Å². The van der Waals surface area contributed by atoms with Crippen molar-refractivity contribution < 1.29 is 24.2 Å². The van der Waals surface area contributed by atoms with Crippen LogP contribution >= 0.6 is 0 Å². The Morgan fingerprint density at radius 1 is 0.842 bits per heavy atom. The zero-order chi connectivity index (χ0) is 27.3. The summed E-state index contributed by atoms with van der Waals surface area (Å²) in [5, 5.41) is 8.76. The Hall–Kier alpha value is -4.39. The number of unbranched alkanes of at least 4 members (excludes halogenated alkanes) is 4. The van der Waals surface area contributed by atoms with Gasteiger partial charge in [0.2, 0.25) is 0 Å². The van der Waals surface area contributed by atoms with Crippen molar-refractivity contribution in [1.29, 1.82) is 0 Å². The number of ketones is 1. The van der Waals surface area contributed by atoms with Gasteiger partial charge in [-0.3, -0.25) is 14.4 Å². The van der Waals surface area contributed by atoms with Crippen molar-refractivity contribution in [3.63, 3.8) is 0 Å². The number of anilines is 2. The molecule has 0 heterocycles. The molecule has 198 valence electrons. The molecule has 0 aliphatic heterocycles. The number of carbonyl (C=O) groups is 3. The number of ether oxygens (including phenoxy) is 1. The van der Waals surface area contributed by atoms with Crippen LogP contribution < -0.4 is 16.2 Å². The Morgan fingerprint density at radius 2 is 1.53 bits per heavy atom. The molecular weight excluding hydrogens is 480 g/mol. The fourth-order valence-corrected chi connectivity index (χ4v) is 4.17. The number of carboxylic acids is 1. The second-order valence-electron chi connectivity index (χ2n) is 9.19. The largest absolute Gasteiger partial charge is 0.481 e. The summed E-state index contributed by atoms with van der Waals surface area (Å²) >= 11 is 0. The average molecular weight is 515 g/mol. The molecule has 1 unspecified atom stereocenters. The van der Waals surface area contributed by atoms with Gasteiger partial charge in [-0.15, -0.1) is 0 Å². The van der Waals surface area contributed by atoms with Crippen LogP contribution in [0.1, 0.15) is 72.3 Å². The highest BCUT2D eigenvalue weighted by Crippen LogP contribution is 2.31. The van der Waals surface area contributed by atoms with E-state index in [4.69, 9.17) is 21.3 Å². The molecule has 0 fully saturated rings. The minimum Gasteiger partial charge on any atom is -0.481 e. The second kappa shape index (κ2) is 14.4. The second-order valence-corrected chi connectivity index (χ2v) is 9.19. The van der Waals surface area contributed by atoms with E-state index in [9.17, 15) is 14.4 Å². The van der Waals surface area contributed by atoms with Gasteiger partial charge in [0.25, 0.3) is 0 Å². The zero-order valence-corrected chi connectivity index (χ0v) is 21.3. The molecule has 38 heavy (non-hydrogen) atoms. The van der Waals surface area contributed by atoms with Gasteiger partial charge in [-0.1, -0.05) is 80.3 Å². The first-order valence-corrected chi connectivity index (χ1v) is 12.8. The Balaban J connectivity index is 1.61. The summed E-state index contributed by atoms with van der Waals surface area (Å²) < 4.78 is 5.71. The lowest BCUT2D eigenvalue weighted by atomic mass is 9.91. The third-order valence-electron chi connectivity index (χ3n) is 6.24. The maximum Gasteiger partial charge on any atom is 0.318 e. The van der Waals surface area contributed by atoms with Gasteiger partial charge in [0.15, 0.2) is 5.78 Å². The molecule has 3 aromatic carbocycles. The van der Waals surface area contributed by atoms with E-state index in [2.05, 4.69) is 0 Å². The highest BCUT2D eigenvalue weighted by Gasteiger charge is 2.24. The molecule has 3 rings (SSSR count). The summed E-state index contributed by atoms with van der Waals surface area (Å²) in [6.07, 6.45) is 7.99. The van der Waals surface area contributed by atoms with Crippen molar-refractivity contribution in [3.8, 4) is 5.75 Å². The smallest absolute Gasteiger partial charge is 0.318 e. The lowest BCUT2D eigenvalue weighted by Crippen LogP contribution is -2.20. The average Bonchev–Trinajstić information content (AvgIpc) is 2.90. The van der Waals surface area contributed by atoms with E-state index in [1.807, 2.05) is 18.2 Å².